The van der Waals surface area contributed by atoms with Gasteiger partial charge in [0, 0.05) is 11.1 Å². The molecule has 1 fully saturated rings. The van der Waals surface area contributed by atoms with Gasteiger partial charge in [0.2, 0.25) is 0 Å². The summed E-state index contributed by atoms with van der Waals surface area (Å²) in [7, 11) is 0. The Kier molecular flexibility index (Phi) is 4.13. The Morgan fingerprint density at radius 3 is 2.52 bits per heavy atom. The number of hydrogen-bond acceptors (Lipinski definition) is 2. The second kappa shape index (κ2) is 6.04. The molecule has 1 aliphatic rings. The van der Waals surface area contributed by atoms with Crippen LogP contribution in [0.25, 0.3) is 0 Å². The Morgan fingerprint density at radius 1 is 1.19 bits per heavy atom. The summed E-state index contributed by atoms with van der Waals surface area (Å²) >= 11 is 6.03. The second-order valence-electron chi connectivity index (χ2n) is 5.43. The minimum atomic E-state index is -0.334. The van der Waals surface area contributed by atoms with Gasteiger partial charge in [-0.2, -0.15) is 0 Å². The standard InChI is InChI=1S/C17H17ClFNO/c18-16-10-13(19)4-1-12(16)9-17(20)11-2-5-14(6-3-11)21-15-7-8-15/h1-6,10,15,17H,7-9,20H2. The fourth-order valence-corrected chi connectivity index (χ4v) is 2.46. The maximum Gasteiger partial charge on any atom is 0.124 e. The number of halogens is 2. The van der Waals surface area contributed by atoms with Crippen LogP contribution < -0.4 is 10.5 Å². The molecule has 2 aromatic rings. The van der Waals surface area contributed by atoms with Crippen molar-refractivity contribution in [3.63, 3.8) is 0 Å². The summed E-state index contributed by atoms with van der Waals surface area (Å²) in [6, 6.07) is 12.1. The van der Waals surface area contributed by atoms with Crippen molar-refractivity contribution in [3.8, 4) is 5.75 Å². The first kappa shape index (κ1) is 14.4. The van der Waals surface area contributed by atoms with Gasteiger partial charge in [-0.05, 0) is 54.7 Å². The first-order chi connectivity index (χ1) is 10.1. The highest BCUT2D eigenvalue weighted by molar-refractivity contribution is 6.31. The van der Waals surface area contributed by atoms with Gasteiger partial charge >= 0.3 is 0 Å². The zero-order valence-corrected chi connectivity index (χ0v) is 12.3. The molecule has 0 spiro atoms. The van der Waals surface area contributed by atoms with Crippen molar-refractivity contribution in [2.24, 2.45) is 5.73 Å². The van der Waals surface area contributed by atoms with Gasteiger partial charge in [0.25, 0.3) is 0 Å². The normalized spacial score (nSPS) is 15.8. The maximum absolute atomic E-state index is 13.0. The van der Waals surface area contributed by atoms with Crippen molar-refractivity contribution in [1.29, 1.82) is 0 Å². The van der Waals surface area contributed by atoms with E-state index >= 15 is 0 Å². The largest absolute Gasteiger partial charge is 0.490 e. The number of benzene rings is 2. The maximum atomic E-state index is 13.0. The average molecular weight is 306 g/mol. The third-order valence-electron chi connectivity index (χ3n) is 3.59. The monoisotopic (exact) mass is 305 g/mol. The van der Waals surface area contributed by atoms with E-state index in [1.807, 2.05) is 24.3 Å². The molecule has 2 aromatic carbocycles. The van der Waals surface area contributed by atoms with Crippen molar-refractivity contribution in [3.05, 3.63) is 64.4 Å². The number of ether oxygens (including phenoxy) is 1. The third kappa shape index (κ3) is 3.74. The fourth-order valence-electron chi connectivity index (χ4n) is 2.21. The topological polar surface area (TPSA) is 35.2 Å². The molecule has 2 nitrogen and oxygen atoms in total. The lowest BCUT2D eigenvalue weighted by Gasteiger charge is -2.14. The van der Waals surface area contributed by atoms with Gasteiger partial charge in [0.1, 0.15) is 11.6 Å². The van der Waals surface area contributed by atoms with E-state index in [1.165, 1.54) is 12.1 Å². The Bertz CT molecular complexity index is 625. The van der Waals surface area contributed by atoms with Crippen LogP contribution in [0.1, 0.15) is 30.0 Å². The minimum absolute atomic E-state index is 0.178. The smallest absolute Gasteiger partial charge is 0.124 e. The third-order valence-corrected chi connectivity index (χ3v) is 3.94. The van der Waals surface area contributed by atoms with E-state index in [1.54, 1.807) is 6.07 Å². The molecule has 0 heterocycles. The van der Waals surface area contributed by atoms with Gasteiger partial charge in [0.15, 0.2) is 0 Å². The SMILES string of the molecule is NC(Cc1ccc(F)cc1Cl)c1ccc(OC2CC2)cc1. The summed E-state index contributed by atoms with van der Waals surface area (Å²) in [6.45, 7) is 0. The Labute approximate surface area is 128 Å². The summed E-state index contributed by atoms with van der Waals surface area (Å²) < 4.78 is 18.7. The van der Waals surface area contributed by atoms with Crippen LogP contribution in [0.3, 0.4) is 0 Å². The number of hydrogen-bond donors (Lipinski definition) is 1. The zero-order chi connectivity index (χ0) is 14.8. The molecule has 0 aliphatic heterocycles. The minimum Gasteiger partial charge on any atom is -0.490 e. The van der Waals surface area contributed by atoms with Crippen LogP contribution in [-0.4, -0.2) is 6.10 Å². The van der Waals surface area contributed by atoms with E-state index in [0.29, 0.717) is 17.5 Å². The lowest BCUT2D eigenvalue weighted by atomic mass is 9.99. The molecule has 0 bridgehead atoms. The Balaban J connectivity index is 1.67. The molecule has 1 saturated carbocycles. The van der Waals surface area contributed by atoms with Crippen molar-refractivity contribution >= 4 is 11.6 Å². The van der Waals surface area contributed by atoms with Crippen LogP contribution in [0, 0.1) is 5.82 Å². The van der Waals surface area contributed by atoms with Gasteiger partial charge in [-0.15, -0.1) is 0 Å². The van der Waals surface area contributed by atoms with Crippen molar-refractivity contribution in [2.75, 3.05) is 0 Å². The van der Waals surface area contributed by atoms with Gasteiger partial charge in [0.05, 0.1) is 6.10 Å². The molecular weight excluding hydrogens is 289 g/mol. The Hall–Kier alpha value is -1.58. The average Bonchev–Trinajstić information content (AvgIpc) is 3.26. The lowest BCUT2D eigenvalue weighted by Crippen LogP contribution is -2.13. The van der Waals surface area contributed by atoms with E-state index in [2.05, 4.69) is 0 Å². The molecule has 0 amide bonds. The molecule has 4 heteroatoms. The molecule has 1 aliphatic carbocycles. The molecule has 3 rings (SSSR count). The first-order valence-electron chi connectivity index (χ1n) is 7.08. The van der Waals surface area contributed by atoms with Crippen LogP contribution in [0.15, 0.2) is 42.5 Å². The van der Waals surface area contributed by atoms with Gasteiger partial charge in [-0.25, -0.2) is 4.39 Å². The molecule has 0 radical (unpaired) electrons. The lowest BCUT2D eigenvalue weighted by molar-refractivity contribution is 0.303. The van der Waals surface area contributed by atoms with Crippen LogP contribution >= 0.6 is 11.6 Å². The quantitative estimate of drug-likeness (QED) is 0.895. The second-order valence-corrected chi connectivity index (χ2v) is 5.84. The molecule has 110 valence electrons. The Morgan fingerprint density at radius 2 is 1.90 bits per heavy atom. The molecule has 21 heavy (non-hydrogen) atoms. The van der Waals surface area contributed by atoms with E-state index in [0.717, 1.165) is 29.7 Å². The molecule has 1 atom stereocenters. The van der Waals surface area contributed by atoms with Crippen LogP contribution in [0.2, 0.25) is 5.02 Å². The number of nitrogens with two attached hydrogens (primary N) is 1. The summed E-state index contributed by atoms with van der Waals surface area (Å²) in [5.41, 5.74) is 8.07. The van der Waals surface area contributed by atoms with Crippen molar-refractivity contribution < 1.29 is 9.13 Å². The molecular formula is C17H17ClFNO. The van der Waals surface area contributed by atoms with Crippen molar-refractivity contribution in [1.82, 2.24) is 0 Å². The van der Waals surface area contributed by atoms with Gasteiger partial charge in [-0.3, -0.25) is 0 Å². The molecule has 1 unspecified atom stereocenters. The van der Waals surface area contributed by atoms with Crippen LogP contribution in [0.5, 0.6) is 5.75 Å². The van der Waals surface area contributed by atoms with Gasteiger partial charge in [-0.1, -0.05) is 29.8 Å². The highest BCUT2D eigenvalue weighted by Gasteiger charge is 2.23. The van der Waals surface area contributed by atoms with Gasteiger partial charge < -0.3 is 10.5 Å². The summed E-state index contributed by atoms with van der Waals surface area (Å²) in [5, 5.41) is 0.416. The predicted octanol–water partition coefficient (Wildman–Crippen LogP) is 4.26. The van der Waals surface area contributed by atoms with E-state index in [4.69, 9.17) is 22.1 Å². The molecule has 0 saturated heterocycles. The highest BCUT2D eigenvalue weighted by Crippen LogP contribution is 2.28. The van der Waals surface area contributed by atoms with E-state index in [9.17, 15) is 4.39 Å². The van der Waals surface area contributed by atoms with Crippen LogP contribution in [0.4, 0.5) is 4.39 Å². The number of rotatable bonds is 5. The summed E-state index contributed by atoms with van der Waals surface area (Å²) in [4.78, 5) is 0. The first-order valence-corrected chi connectivity index (χ1v) is 7.46. The summed E-state index contributed by atoms with van der Waals surface area (Å²) in [5.74, 6) is 0.548. The zero-order valence-electron chi connectivity index (χ0n) is 11.6. The van der Waals surface area contributed by atoms with Crippen molar-refractivity contribution in [2.45, 2.75) is 31.4 Å². The molecule has 2 N–H and O–H groups in total. The summed E-state index contributed by atoms with van der Waals surface area (Å²) in [6.07, 6.45) is 3.25. The fraction of sp³-hybridized carbons (Fsp3) is 0.294. The van der Waals surface area contributed by atoms with E-state index < -0.39 is 0 Å². The predicted molar refractivity (Wildman–Crippen MR) is 82.1 cm³/mol. The molecule has 0 aromatic heterocycles. The highest BCUT2D eigenvalue weighted by atomic mass is 35.5. The van der Waals surface area contributed by atoms with Crippen LogP contribution in [-0.2, 0) is 6.42 Å². The van der Waals surface area contributed by atoms with E-state index in [-0.39, 0.29) is 11.9 Å².